The van der Waals surface area contributed by atoms with Crippen molar-refractivity contribution in [2.45, 2.75) is 0 Å². The Morgan fingerprint density at radius 2 is 1.93 bits per heavy atom. The van der Waals surface area contributed by atoms with E-state index in [-0.39, 0.29) is 11.4 Å². The molecule has 9 nitrogen and oxygen atoms in total. The van der Waals surface area contributed by atoms with Crippen LogP contribution in [0.25, 0.3) is 5.53 Å². The molecule has 0 aromatic heterocycles. The lowest BCUT2D eigenvalue weighted by atomic mass is 10.2. The molecule has 2 rings (SSSR count). The molecule has 0 amide bonds. The number of aromatic hydroxyl groups is 1. The number of phenols is 1. The molecule has 0 aliphatic carbocycles. The van der Waals surface area contributed by atoms with Crippen molar-refractivity contribution >= 4 is 22.7 Å². The minimum Gasteiger partial charge on any atom is -0.497 e. The summed E-state index contributed by atoms with van der Waals surface area (Å²) in [7, 11) is 0. The molecule has 0 unspecified atom stereocenters. The summed E-state index contributed by atoms with van der Waals surface area (Å²) in [6.07, 6.45) is 0. The zero-order valence-corrected chi connectivity index (χ0v) is 6.95. The number of hydrogen-bond acceptors (Lipinski definition) is 5. The highest BCUT2D eigenvalue weighted by Crippen LogP contribution is 2.57. The molecule has 1 aromatic rings. The second-order valence-electron chi connectivity index (χ2n) is 2.79. The van der Waals surface area contributed by atoms with Crippen molar-refractivity contribution in [1.29, 1.82) is 0 Å². The number of nitrogens with zero attached hydrogens (tertiary/aromatic N) is 4. The molecule has 1 N–H and O–H groups in total. The Balaban J connectivity index is 2.77. The number of hydrogen-bond donors (Lipinski definition) is 1. The van der Waals surface area contributed by atoms with Crippen molar-refractivity contribution in [2.24, 2.45) is 0 Å². The van der Waals surface area contributed by atoms with Crippen LogP contribution in [0, 0.1) is 20.2 Å². The number of nitro groups is 2. The van der Waals surface area contributed by atoms with Gasteiger partial charge in [0, 0.05) is 0 Å². The van der Waals surface area contributed by atoms with E-state index < -0.39 is 27.0 Å². The highest BCUT2D eigenvalue weighted by atomic mass is 16.6. The van der Waals surface area contributed by atoms with Gasteiger partial charge in [0.05, 0.1) is 9.85 Å². The first-order chi connectivity index (χ1) is 6.95. The van der Waals surface area contributed by atoms with Crippen LogP contribution in [0.3, 0.4) is 0 Å². The summed E-state index contributed by atoms with van der Waals surface area (Å²) in [4.78, 5) is 18.9. The second-order valence-corrected chi connectivity index (χ2v) is 2.79. The Hall–Kier alpha value is -2.58. The van der Waals surface area contributed by atoms with Crippen LogP contribution >= 0.6 is 0 Å². The Bertz CT molecular complexity index is 537. The van der Waals surface area contributed by atoms with E-state index in [9.17, 15) is 25.3 Å². The van der Waals surface area contributed by atoms with Crippen LogP contribution in [0.4, 0.5) is 22.7 Å². The number of nitro benzene ring substituents is 2. The average Bonchev–Trinajstić information content (AvgIpc) is 2.76. The fraction of sp³-hybridized carbons (Fsp3) is 0. The van der Waals surface area contributed by atoms with E-state index in [1.807, 2.05) is 0 Å². The first-order valence-corrected chi connectivity index (χ1v) is 3.63. The molecular weight excluding hydrogens is 208 g/mol. The van der Waals surface area contributed by atoms with Crippen molar-refractivity contribution in [3.8, 4) is 5.75 Å². The molecule has 1 aromatic carbocycles. The summed E-state index contributed by atoms with van der Waals surface area (Å²) >= 11 is 0. The van der Waals surface area contributed by atoms with Crippen LogP contribution in [0.15, 0.2) is 6.07 Å². The summed E-state index contributed by atoms with van der Waals surface area (Å²) in [5.41, 5.74) is 6.92. The fourth-order valence-corrected chi connectivity index (χ4v) is 1.27. The molecular formula is C6H2N4O5. The number of fused-ring (bicyclic) bond motifs is 1. The van der Waals surface area contributed by atoms with Gasteiger partial charge in [0.15, 0.2) is 0 Å². The molecule has 0 saturated heterocycles. The topological polar surface area (TPSA) is 132 Å². The number of benzene rings is 1. The largest absolute Gasteiger partial charge is 0.497 e. The molecule has 0 saturated carbocycles. The quantitative estimate of drug-likeness (QED) is 0.346. The fourth-order valence-electron chi connectivity index (χ4n) is 1.27. The van der Waals surface area contributed by atoms with E-state index in [4.69, 9.17) is 5.53 Å². The summed E-state index contributed by atoms with van der Waals surface area (Å²) in [5.74, 6) is -0.897. The van der Waals surface area contributed by atoms with Gasteiger partial charge in [-0.3, -0.25) is 20.2 Å². The number of phenolic OH excluding ortho intramolecular Hbond substituents is 1. The van der Waals surface area contributed by atoms with Gasteiger partial charge in [-0.1, -0.05) is 0 Å². The summed E-state index contributed by atoms with van der Waals surface area (Å²) in [6, 6.07) is 0.827. The van der Waals surface area contributed by atoms with Crippen LogP contribution in [-0.4, -0.2) is 15.0 Å². The monoisotopic (exact) mass is 210 g/mol. The van der Waals surface area contributed by atoms with E-state index in [0.29, 0.717) is 4.70 Å². The smallest absolute Gasteiger partial charge is 0.394 e. The molecule has 1 heterocycles. The second kappa shape index (κ2) is 2.47. The highest BCUT2D eigenvalue weighted by molar-refractivity contribution is 5.93. The third kappa shape index (κ3) is 1.03. The Kier molecular flexibility index (Phi) is 1.48. The van der Waals surface area contributed by atoms with Gasteiger partial charge in [0.1, 0.15) is 6.07 Å². The molecule has 0 radical (unpaired) electrons. The zero-order valence-electron chi connectivity index (χ0n) is 6.95. The van der Waals surface area contributed by atoms with Crippen LogP contribution in [0.2, 0.25) is 0 Å². The standard InChI is InChI=1S/C6H2N4O5/c7-8-2-1-3(9(12)13)5(10(14)15)6(11)4(2)8/h1,11H. The SMILES string of the molecule is [N-]=[N+]1c2cc([N+](=O)[O-])c([N+](=O)[O-])c(O)c21. The van der Waals surface area contributed by atoms with Gasteiger partial charge < -0.3 is 10.6 Å². The van der Waals surface area contributed by atoms with E-state index in [0.717, 1.165) is 6.07 Å². The minimum absolute atomic E-state index is 0.00944. The maximum atomic E-state index is 10.5. The molecule has 0 fully saturated rings. The van der Waals surface area contributed by atoms with Gasteiger partial charge in [-0.2, -0.15) is 0 Å². The minimum atomic E-state index is -1.07. The predicted octanol–water partition coefficient (Wildman–Crippen LogP) is 1.38. The van der Waals surface area contributed by atoms with Crippen LogP contribution in [0.5, 0.6) is 5.75 Å². The van der Waals surface area contributed by atoms with Gasteiger partial charge in [0.2, 0.25) is 0 Å². The molecule has 0 bridgehead atoms. The third-order valence-electron chi connectivity index (χ3n) is 1.98. The third-order valence-corrected chi connectivity index (χ3v) is 1.98. The predicted molar refractivity (Wildman–Crippen MR) is 46.2 cm³/mol. The maximum absolute atomic E-state index is 10.5. The lowest BCUT2D eigenvalue weighted by Crippen LogP contribution is -1.95. The van der Waals surface area contributed by atoms with Crippen LogP contribution in [0.1, 0.15) is 0 Å². The van der Waals surface area contributed by atoms with Gasteiger partial charge in [0.25, 0.3) is 11.4 Å². The normalized spacial score (nSPS) is 12.1. The Labute approximate surface area is 81.0 Å². The molecule has 1 aliphatic rings. The summed E-state index contributed by atoms with van der Waals surface area (Å²) in [5, 5.41) is 30.2. The van der Waals surface area contributed by atoms with Crippen molar-refractivity contribution in [1.82, 2.24) is 4.70 Å². The van der Waals surface area contributed by atoms with E-state index in [1.54, 1.807) is 0 Å². The lowest BCUT2D eigenvalue weighted by Gasteiger charge is -1.91. The number of rotatable bonds is 2. The highest BCUT2D eigenvalue weighted by Gasteiger charge is 2.48. The summed E-state index contributed by atoms with van der Waals surface area (Å²) in [6.45, 7) is 0. The van der Waals surface area contributed by atoms with Crippen LogP contribution in [-0.2, 0) is 0 Å². The molecule has 15 heavy (non-hydrogen) atoms. The van der Waals surface area contributed by atoms with Crippen molar-refractivity contribution < 1.29 is 15.0 Å². The molecule has 0 spiro atoms. The van der Waals surface area contributed by atoms with Gasteiger partial charge >= 0.3 is 17.1 Å². The average molecular weight is 210 g/mol. The maximum Gasteiger partial charge on any atom is 0.394 e. The van der Waals surface area contributed by atoms with Crippen molar-refractivity contribution in [2.75, 3.05) is 0 Å². The zero-order chi connectivity index (χ0) is 11.3. The van der Waals surface area contributed by atoms with Crippen molar-refractivity contribution in [3.63, 3.8) is 0 Å². The lowest BCUT2D eigenvalue weighted by molar-refractivity contribution is -0.422. The Morgan fingerprint density at radius 3 is 2.40 bits per heavy atom. The van der Waals surface area contributed by atoms with Crippen LogP contribution < -0.4 is 4.70 Å². The first-order valence-electron chi connectivity index (χ1n) is 3.63. The molecule has 76 valence electrons. The Morgan fingerprint density at radius 1 is 1.33 bits per heavy atom. The van der Waals surface area contributed by atoms with Gasteiger partial charge in [-0.25, -0.2) is 4.70 Å². The van der Waals surface area contributed by atoms with Gasteiger partial charge in [-0.05, 0) is 0 Å². The van der Waals surface area contributed by atoms with E-state index in [1.165, 1.54) is 0 Å². The molecule has 1 aliphatic heterocycles. The molecule has 9 heteroatoms. The first kappa shape index (κ1) is 8.99. The summed E-state index contributed by atoms with van der Waals surface area (Å²) < 4.78 is 0.440. The molecule has 0 atom stereocenters. The van der Waals surface area contributed by atoms with E-state index in [2.05, 4.69) is 0 Å². The van der Waals surface area contributed by atoms with E-state index >= 15 is 0 Å². The van der Waals surface area contributed by atoms with Crippen molar-refractivity contribution in [3.05, 3.63) is 31.8 Å². The van der Waals surface area contributed by atoms with Gasteiger partial charge in [-0.15, -0.1) is 0 Å².